The molecular weight excluding hydrogens is 320 g/mol. The molecule has 1 atom stereocenters. The zero-order valence-electron chi connectivity index (χ0n) is 14.5. The van der Waals surface area contributed by atoms with Gasteiger partial charge in [-0.1, -0.05) is 18.2 Å². The van der Waals surface area contributed by atoms with Crippen LogP contribution in [0.4, 0.5) is 10.8 Å². The molecule has 1 fully saturated rings. The number of rotatable bonds is 4. The molecule has 2 heterocycles. The number of carbonyl (C=O) groups is 1. The minimum atomic E-state index is -0.134. The summed E-state index contributed by atoms with van der Waals surface area (Å²) in [6.45, 7) is 9.65. The van der Waals surface area contributed by atoms with Crippen molar-refractivity contribution < 1.29 is 4.79 Å². The molecule has 0 bridgehead atoms. The Kier molecular flexibility index (Phi) is 5.16. The normalized spacial score (nSPS) is 16.9. The molecule has 1 amide bonds. The van der Waals surface area contributed by atoms with E-state index >= 15 is 0 Å². The fourth-order valence-corrected chi connectivity index (χ4v) is 3.72. The van der Waals surface area contributed by atoms with E-state index in [4.69, 9.17) is 0 Å². The molecule has 1 saturated heterocycles. The zero-order chi connectivity index (χ0) is 17.1. The summed E-state index contributed by atoms with van der Waals surface area (Å²) in [5, 5.41) is 4.14. The predicted molar refractivity (Wildman–Crippen MR) is 99.9 cm³/mol. The summed E-state index contributed by atoms with van der Waals surface area (Å²) < 4.78 is 0. The number of amides is 1. The number of anilines is 2. The molecule has 1 aliphatic rings. The Bertz CT molecular complexity index is 707. The second-order valence-corrected chi connectivity index (χ2v) is 7.47. The number of aromatic nitrogens is 1. The van der Waals surface area contributed by atoms with Crippen molar-refractivity contribution in [2.75, 3.05) is 36.4 Å². The first-order chi connectivity index (χ1) is 11.5. The van der Waals surface area contributed by atoms with Crippen molar-refractivity contribution >= 4 is 28.1 Å². The summed E-state index contributed by atoms with van der Waals surface area (Å²) in [6, 6.07) is 7.75. The molecule has 5 nitrogen and oxygen atoms in total. The molecule has 0 spiro atoms. The number of nitrogens with zero attached hydrogens (tertiary/aromatic N) is 3. The van der Waals surface area contributed by atoms with Gasteiger partial charge in [-0.15, -0.1) is 11.3 Å². The van der Waals surface area contributed by atoms with Gasteiger partial charge in [0.2, 0.25) is 5.91 Å². The first-order valence-corrected chi connectivity index (χ1v) is 9.14. The number of hydrogen-bond donors (Lipinski definition) is 1. The van der Waals surface area contributed by atoms with E-state index in [9.17, 15) is 4.79 Å². The van der Waals surface area contributed by atoms with Gasteiger partial charge in [0, 0.05) is 42.9 Å². The molecule has 128 valence electrons. The first kappa shape index (κ1) is 16.9. The fraction of sp³-hybridized carbons (Fsp3) is 0.444. The van der Waals surface area contributed by atoms with Gasteiger partial charge in [-0.2, -0.15) is 0 Å². The number of thiazole rings is 1. The van der Waals surface area contributed by atoms with Gasteiger partial charge >= 0.3 is 0 Å². The van der Waals surface area contributed by atoms with E-state index in [0.717, 1.165) is 42.6 Å². The minimum Gasteiger partial charge on any atom is -0.346 e. The molecule has 24 heavy (non-hydrogen) atoms. The quantitative estimate of drug-likeness (QED) is 0.926. The van der Waals surface area contributed by atoms with Crippen LogP contribution in [0, 0.1) is 13.8 Å². The summed E-state index contributed by atoms with van der Waals surface area (Å²) in [4.78, 5) is 22.8. The lowest BCUT2D eigenvalue weighted by Crippen LogP contribution is -2.52. The topological polar surface area (TPSA) is 48.5 Å². The maximum Gasteiger partial charge on any atom is 0.241 e. The fourth-order valence-electron chi connectivity index (χ4n) is 2.91. The highest BCUT2D eigenvalue weighted by atomic mass is 32.1. The molecule has 0 radical (unpaired) electrons. The van der Waals surface area contributed by atoms with Crippen LogP contribution in [0.2, 0.25) is 0 Å². The second-order valence-electron chi connectivity index (χ2n) is 6.26. The van der Waals surface area contributed by atoms with Crippen LogP contribution in [0.3, 0.4) is 0 Å². The maximum absolute atomic E-state index is 12.5. The molecule has 1 aromatic heterocycles. The Balaban J connectivity index is 1.55. The van der Waals surface area contributed by atoms with Crippen LogP contribution >= 0.6 is 11.3 Å². The largest absolute Gasteiger partial charge is 0.346 e. The van der Waals surface area contributed by atoms with Crippen LogP contribution in [0.25, 0.3) is 0 Å². The van der Waals surface area contributed by atoms with E-state index < -0.39 is 0 Å². The summed E-state index contributed by atoms with van der Waals surface area (Å²) in [7, 11) is 0. The number of hydrogen-bond acceptors (Lipinski definition) is 5. The lowest BCUT2D eigenvalue weighted by molar-refractivity contribution is -0.120. The van der Waals surface area contributed by atoms with Crippen LogP contribution in [0.15, 0.2) is 30.5 Å². The molecular formula is C18H24N4OS. The highest BCUT2D eigenvalue weighted by Crippen LogP contribution is 2.23. The number of para-hydroxylation sites is 1. The van der Waals surface area contributed by atoms with Crippen molar-refractivity contribution in [2.45, 2.75) is 26.8 Å². The summed E-state index contributed by atoms with van der Waals surface area (Å²) in [5.41, 5.74) is 1.98. The van der Waals surface area contributed by atoms with Crippen LogP contribution in [-0.4, -0.2) is 48.0 Å². The summed E-state index contributed by atoms with van der Waals surface area (Å²) in [5.74, 6) is 0.0582. The molecule has 0 aliphatic carbocycles. The van der Waals surface area contributed by atoms with Gasteiger partial charge in [0.15, 0.2) is 5.13 Å². The van der Waals surface area contributed by atoms with Gasteiger partial charge in [0.1, 0.15) is 0 Å². The van der Waals surface area contributed by atoms with Gasteiger partial charge in [-0.25, -0.2) is 4.98 Å². The van der Waals surface area contributed by atoms with Crippen molar-refractivity contribution in [3.63, 3.8) is 0 Å². The second kappa shape index (κ2) is 7.32. The lowest BCUT2D eigenvalue weighted by Gasteiger charge is -2.37. The molecule has 1 unspecified atom stereocenters. The SMILES string of the molecule is Cc1cnc(N2CCN(C(C)C(=O)Nc3ccccc3C)CC2)s1. The predicted octanol–water partition coefficient (Wildman–Crippen LogP) is 2.91. The highest BCUT2D eigenvalue weighted by molar-refractivity contribution is 7.15. The Hall–Kier alpha value is -1.92. The summed E-state index contributed by atoms with van der Waals surface area (Å²) in [6.07, 6.45) is 1.92. The number of piperazine rings is 1. The maximum atomic E-state index is 12.5. The van der Waals surface area contributed by atoms with Crippen molar-refractivity contribution in [1.29, 1.82) is 0 Å². The van der Waals surface area contributed by atoms with Crippen molar-refractivity contribution in [2.24, 2.45) is 0 Å². The van der Waals surface area contributed by atoms with Crippen molar-refractivity contribution in [1.82, 2.24) is 9.88 Å². The van der Waals surface area contributed by atoms with Crippen molar-refractivity contribution in [3.05, 3.63) is 40.9 Å². The van der Waals surface area contributed by atoms with Gasteiger partial charge in [0.05, 0.1) is 6.04 Å². The van der Waals surface area contributed by atoms with E-state index in [2.05, 4.69) is 27.0 Å². The van der Waals surface area contributed by atoms with Gasteiger partial charge in [-0.3, -0.25) is 9.69 Å². The van der Waals surface area contributed by atoms with E-state index in [1.54, 1.807) is 11.3 Å². The average Bonchev–Trinajstić information content (AvgIpc) is 3.03. The summed E-state index contributed by atoms with van der Waals surface area (Å²) >= 11 is 1.73. The zero-order valence-corrected chi connectivity index (χ0v) is 15.3. The molecule has 6 heteroatoms. The Labute approximate surface area is 147 Å². The third-order valence-electron chi connectivity index (χ3n) is 4.52. The minimum absolute atomic E-state index is 0.0582. The third-order valence-corrected chi connectivity index (χ3v) is 5.50. The lowest BCUT2D eigenvalue weighted by atomic mass is 10.1. The van der Waals surface area contributed by atoms with Gasteiger partial charge < -0.3 is 10.2 Å². The Morgan fingerprint density at radius 3 is 2.54 bits per heavy atom. The van der Waals surface area contributed by atoms with E-state index in [-0.39, 0.29) is 11.9 Å². The standard InChI is InChI=1S/C18H24N4OS/c1-13-6-4-5-7-16(13)20-17(23)15(3)21-8-10-22(11-9-21)18-19-12-14(2)24-18/h4-7,12,15H,8-11H2,1-3H3,(H,20,23). The third kappa shape index (κ3) is 3.76. The van der Waals surface area contributed by atoms with Crippen LogP contribution in [0.1, 0.15) is 17.4 Å². The molecule has 3 rings (SSSR count). The average molecular weight is 344 g/mol. The smallest absolute Gasteiger partial charge is 0.241 e. The van der Waals surface area contributed by atoms with Crippen LogP contribution < -0.4 is 10.2 Å². The van der Waals surface area contributed by atoms with E-state index in [1.807, 2.05) is 44.3 Å². The van der Waals surface area contributed by atoms with E-state index in [1.165, 1.54) is 4.88 Å². The molecule has 1 N–H and O–H groups in total. The number of nitrogens with one attached hydrogen (secondary N) is 1. The number of carbonyl (C=O) groups excluding carboxylic acids is 1. The molecule has 0 saturated carbocycles. The van der Waals surface area contributed by atoms with E-state index in [0.29, 0.717) is 0 Å². The number of aryl methyl sites for hydroxylation is 2. The molecule has 1 aromatic carbocycles. The van der Waals surface area contributed by atoms with Gasteiger partial charge in [0.25, 0.3) is 0 Å². The first-order valence-electron chi connectivity index (χ1n) is 8.32. The Morgan fingerprint density at radius 2 is 1.92 bits per heavy atom. The molecule has 2 aromatic rings. The van der Waals surface area contributed by atoms with Crippen molar-refractivity contribution in [3.8, 4) is 0 Å². The van der Waals surface area contributed by atoms with Crippen LogP contribution in [-0.2, 0) is 4.79 Å². The monoisotopic (exact) mass is 344 g/mol. The Morgan fingerprint density at radius 1 is 1.21 bits per heavy atom. The van der Waals surface area contributed by atoms with Crippen LogP contribution in [0.5, 0.6) is 0 Å². The number of benzene rings is 1. The molecule has 1 aliphatic heterocycles. The highest BCUT2D eigenvalue weighted by Gasteiger charge is 2.26. The van der Waals surface area contributed by atoms with Gasteiger partial charge in [-0.05, 0) is 32.4 Å².